The first-order valence-corrected chi connectivity index (χ1v) is 9.63. The molecular weight excluding hydrogens is 314 g/mol. The fourth-order valence-electron chi connectivity index (χ4n) is 4.17. The third-order valence-electron chi connectivity index (χ3n) is 5.48. The van der Waals surface area contributed by atoms with Crippen molar-refractivity contribution in [1.29, 1.82) is 0 Å². The molecule has 2 aromatic rings. The molecule has 1 N–H and O–H groups in total. The van der Waals surface area contributed by atoms with Crippen molar-refractivity contribution in [1.82, 2.24) is 14.5 Å². The van der Waals surface area contributed by atoms with Gasteiger partial charge in [0.15, 0.2) is 0 Å². The summed E-state index contributed by atoms with van der Waals surface area (Å²) in [6.45, 7) is 4.87. The number of hydrogen-bond acceptors (Lipinski definition) is 2. The molecule has 1 aromatic carbocycles. The number of unbranched alkanes of at least 4 members (excludes halogenated alkanes) is 1. The molecule has 2 atom stereocenters. The number of imidazole rings is 1. The minimum Gasteiger partial charge on any atom is -0.352 e. The Kier molecular flexibility index (Phi) is 5.61. The lowest BCUT2D eigenvalue weighted by Crippen LogP contribution is -2.40. The van der Waals surface area contributed by atoms with Crippen LogP contribution in [-0.2, 0) is 17.9 Å². The summed E-state index contributed by atoms with van der Waals surface area (Å²) in [6, 6.07) is 7.96. The number of aromatic nitrogens is 2. The summed E-state index contributed by atoms with van der Waals surface area (Å²) in [5.41, 5.74) is 1.62. The van der Waals surface area contributed by atoms with Gasteiger partial charge in [0.2, 0.25) is 5.91 Å². The number of rotatable bonds is 7. The maximum absolute atomic E-state index is 12.6. The zero-order valence-corrected chi connectivity index (χ0v) is 15.3. The summed E-state index contributed by atoms with van der Waals surface area (Å²) < 4.78 is 3.33. The van der Waals surface area contributed by atoms with Crippen molar-refractivity contribution in [2.24, 2.45) is 5.92 Å². The molecule has 0 saturated heterocycles. The normalized spacial score (nSPS) is 20.2. The second kappa shape index (κ2) is 7.89. The van der Waals surface area contributed by atoms with Crippen molar-refractivity contribution in [3.63, 3.8) is 0 Å². The van der Waals surface area contributed by atoms with Crippen LogP contribution in [-0.4, -0.2) is 21.1 Å². The molecule has 2 unspecified atom stereocenters. The highest BCUT2D eigenvalue weighted by Crippen LogP contribution is 2.29. The molecular formula is C20H29N3O2. The van der Waals surface area contributed by atoms with Gasteiger partial charge >= 0.3 is 5.69 Å². The Hall–Kier alpha value is -2.04. The van der Waals surface area contributed by atoms with Gasteiger partial charge in [-0.05, 0) is 44.2 Å². The largest absolute Gasteiger partial charge is 0.352 e. The number of nitrogens with one attached hydrogen (secondary N) is 1. The van der Waals surface area contributed by atoms with Crippen LogP contribution in [0.15, 0.2) is 29.1 Å². The van der Waals surface area contributed by atoms with Crippen LogP contribution in [0.4, 0.5) is 0 Å². The SMILES string of the molecule is CCCCC1CCCC1NC(=O)Cn1c(=O)n(CC)c2ccccc21. The van der Waals surface area contributed by atoms with Crippen LogP contribution in [0.2, 0.25) is 0 Å². The van der Waals surface area contributed by atoms with Crippen LogP contribution >= 0.6 is 0 Å². The molecule has 0 bridgehead atoms. The first kappa shape index (κ1) is 17.8. The Morgan fingerprint density at radius 3 is 2.56 bits per heavy atom. The van der Waals surface area contributed by atoms with E-state index in [-0.39, 0.29) is 24.2 Å². The van der Waals surface area contributed by atoms with E-state index >= 15 is 0 Å². The maximum atomic E-state index is 12.6. The van der Waals surface area contributed by atoms with E-state index in [0.717, 1.165) is 17.5 Å². The summed E-state index contributed by atoms with van der Waals surface area (Å²) in [6.07, 6.45) is 7.07. The number of hydrogen-bond donors (Lipinski definition) is 1. The molecule has 0 aliphatic heterocycles. The average molecular weight is 343 g/mol. The van der Waals surface area contributed by atoms with Crippen LogP contribution in [0.3, 0.4) is 0 Å². The van der Waals surface area contributed by atoms with Crippen molar-refractivity contribution in [3.8, 4) is 0 Å². The van der Waals surface area contributed by atoms with Crippen molar-refractivity contribution in [2.75, 3.05) is 0 Å². The van der Waals surface area contributed by atoms with Crippen molar-refractivity contribution in [3.05, 3.63) is 34.7 Å². The summed E-state index contributed by atoms with van der Waals surface area (Å²) in [4.78, 5) is 25.2. The van der Waals surface area contributed by atoms with E-state index in [0.29, 0.717) is 12.5 Å². The third-order valence-corrected chi connectivity index (χ3v) is 5.48. The highest BCUT2D eigenvalue weighted by molar-refractivity contribution is 5.81. The van der Waals surface area contributed by atoms with E-state index in [2.05, 4.69) is 12.2 Å². The fraction of sp³-hybridized carbons (Fsp3) is 0.600. The molecule has 5 heteroatoms. The fourth-order valence-corrected chi connectivity index (χ4v) is 4.17. The van der Waals surface area contributed by atoms with Gasteiger partial charge in [-0.3, -0.25) is 13.9 Å². The van der Waals surface area contributed by atoms with Gasteiger partial charge in [-0.1, -0.05) is 38.3 Å². The zero-order chi connectivity index (χ0) is 17.8. The minimum absolute atomic E-state index is 0.0468. The van der Waals surface area contributed by atoms with E-state index in [4.69, 9.17) is 0 Å². The zero-order valence-electron chi connectivity index (χ0n) is 15.3. The number of fused-ring (bicyclic) bond motifs is 1. The Balaban J connectivity index is 1.74. The molecule has 1 amide bonds. The number of benzene rings is 1. The van der Waals surface area contributed by atoms with Gasteiger partial charge in [-0.15, -0.1) is 0 Å². The molecule has 136 valence electrons. The van der Waals surface area contributed by atoms with Gasteiger partial charge < -0.3 is 5.32 Å². The lowest BCUT2D eigenvalue weighted by molar-refractivity contribution is -0.122. The standard InChI is InChI=1S/C20H29N3O2/c1-3-5-9-15-10-8-11-16(15)21-19(24)14-23-18-13-7-6-12-17(18)22(4-2)20(23)25/h6-7,12-13,15-16H,3-5,8-11,14H2,1-2H3,(H,21,24). The van der Waals surface area contributed by atoms with E-state index < -0.39 is 0 Å². The van der Waals surface area contributed by atoms with Crippen LogP contribution in [0.5, 0.6) is 0 Å². The third kappa shape index (κ3) is 3.65. The first-order valence-electron chi connectivity index (χ1n) is 9.63. The molecule has 3 rings (SSSR count). The van der Waals surface area contributed by atoms with Crippen molar-refractivity contribution < 1.29 is 4.79 Å². The Bertz CT molecular complexity index is 790. The molecule has 0 radical (unpaired) electrons. The van der Waals surface area contributed by atoms with Crippen LogP contribution in [0.1, 0.15) is 52.4 Å². The number of carbonyl (C=O) groups excluding carboxylic acids is 1. The van der Waals surface area contributed by atoms with E-state index in [1.165, 1.54) is 32.1 Å². The van der Waals surface area contributed by atoms with E-state index in [1.807, 2.05) is 31.2 Å². The number of carbonyl (C=O) groups is 1. The van der Waals surface area contributed by atoms with Gasteiger partial charge in [-0.2, -0.15) is 0 Å². The van der Waals surface area contributed by atoms with Gasteiger partial charge in [0.05, 0.1) is 11.0 Å². The van der Waals surface area contributed by atoms with Crippen molar-refractivity contribution >= 4 is 16.9 Å². The highest BCUT2D eigenvalue weighted by atomic mass is 16.2. The molecule has 5 nitrogen and oxygen atoms in total. The van der Waals surface area contributed by atoms with Gasteiger partial charge in [0, 0.05) is 12.6 Å². The number of nitrogens with zero attached hydrogens (tertiary/aromatic N) is 2. The molecule has 1 aliphatic rings. The average Bonchev–Trinajstić information content (AvgIpc) is 3.16. The van der Waals surface area contributed by atoms with Gasteiger partial charge in [-0.25, -0.2) is 4.79 Å². The Labute approximate surface area is 149 Å². The summed E-state index contributed by atoms with van der Waals surface area (Å²) in [5.74, 6) is 0.548. The van der Waals surface area contributed by atoms with Gasteiger partial charge in [0.1, 0.15) is 6.54 Å². The topological polar surface area (TPSA) is 56.0 Å². The number of amides is 1. The molecule has 1 aromatic heterocycles. The predicted octanol–water partition coefficient (Wildman–Crippen LogP) is 3.30. The lowest BCUT2D eigenvalue weighted by Gasteiger charge is -2.21. The van der Waals surface area contributed by atoms with Crippen LogP contribution < -0.4 is 11.0 Å². The quantitative estimate of drug-likeness (QED) is 0.838. The smallest absolute Gasteiger partial charge is 0.329 e. The minimum atomic E-state index is -0.104. The predicted molar refractivity (Wildman–Crippen MR) is 101 cm³/mol. The highest BCUT2D eigenvalue weighted by Gasteiger charge is 2.28. The summed E-state index contributed by atoms with van der Waals surface area (Å²) in [5, 5.41) is 3.20. The molecule has 25 heavy (non-hydrogen) atoms. The van der Waals surface area contributed by atoms with E-state index in [9.17, 15) is 9.59 Å². The molecule has 1 aliphatic carbocycles. The Morgan fingerprint density at radius 2 is 1.88 bits per heavy atom. The van der Waals surface area contributed by atoms with E-state index in [1.54, 1.807) is 9.13 Å². The Morgan fingerprint density at radius 1 is 1.16 bits per heavy atom. The summed E-state index contributed by atoms with van der Waals surface area (Å²) in [7, 11) is 0. The lowest BCUT2D eigenvalue weighted by atomic mass is 9.97. The molecule has 1 heterocycles. The van der Waals surface area contributed by atoms with Gasteiger partial charge in [0.25, 0.3) is 0 Å². The van der Waals surface area contributed by atoms with Crippen molar-refractivity contribution in [2.45, 2.75) is 71.5 Å². The monoisotopic (exact) mass is 343 g/mol. The number of para-hydroxylation sites is 2. The maximum Gasteiger partial charge on any atom is 0.329 e. The molecule has 1 saturated carbocycles. The van der Waals surface area contributed by atoms with Crippen LogP contribution in [0.25, 0.3) is 11.0 Å². The first-order chi connectivity index (χ1) is 12.2. The second-order valence-electron chi connectivity index (χ2n) is 7.11. The molecule has 0 spiro atoms. The summed E-state index contributed by atoms with van der Waals surface area (Å²) >= 11 is 0. The number of aryl methyl sites for hydroxylation is 1. The van der Waals surface area contributed by atoms with Crippen LogP contribution in [0, 0.1) is 5.92 Å². The second-order valence-corrected chi connectivity index (χ2v) is 7.11. The molecule has 1 fully saturated rings.